The van der Waals surface area contributed by atoms with E-state index < -0.39 is 0 Å². The van der Waals surface area contributed by atoms with E-state index in [2.05, 4.69) is 23.1 Å². The zero-order chi connectivity index (χ0) is 24.5. The number of hydrogen-bond acceptors (Lipinski definition) is 6. The molecule has 5 heterocycles. The summed E-state index contributed by atoms with van der Waals surface area (Å²) in [7, 11) is 1.88. The van der Waals surface area contributed by atoms with Gasteiger partial charge in [-0.15, -0.1) is 5.10 Å². The van der Waals surface area contributed by atoms with Crippen molar-refractivity contribution in [1.82, 2.24) is 29.6 Å². The predicted octanol–water partition coefficient (Wildman–Crippen LogP) is 4.26. The molecule has 0 saturated carbocycles. The van der Waals surface area contributed by atoms with Gasteiger partial charge in [-0.1, -0.05) is 30.7 Å². The first-order valence-corrected chi connectivity index (χ1v) is 12.9. The summed E-state index contributed by atoms with van der Waals surface area (Å²) in [6, 6.07) is 16.3. The first-order valence-electron chi connectivity index (χ1n) is 12.9. The fourth-order valence-corrected chi connectivity index (χ4v) is 5.30. The number of hydrogen-bond donors (Lipinski definition) is 0. The Kier molecular flexibility index (Phi) is 6.09. The number of carbonyl (C=O) groups is 1. The van der Waals surface area contributed by atoms with Gasteiger partial charge in [0.25, 0.3) is 0 Å². The molecule has 4 aromatic rings. The smallest absolute Gasteiger partial charge is 0.233 e. The largest absolute Gasteiger partial charge is 0.370 e. The highest BCUT2D eigenvalue weighted by Gasteiger charge is 2.31. The number of para-hydroxylation sites is 1. The molecule has 2 aliphatic rings. The fraction of sp³-hybridized carbons (Fsp3) is 0.393. The van der Waals surface area contributed by atoms with E-state index in [1.165, 1.54) is 12.8 Å². The number of rotatable bonds is 5. The van der Waals surface area contributed by atoms with Crippen LogP contribution in [-0.2, 0) is 11.3 Å². The first-order chi connectivity index (χ1) is 17.7. The summed E-state index contributed by atoms with van der Waals surface area (Å²) in [4.78, 5) is 31.9. The lowest BCUT2D eigenvalue weighted by molar-refractivity contribution is -0.131. The second-order valence-electron chi connectivity index (χ2n) is 9.85. The van der Waals surface area contributed by atoms with Crippen LogP contribution in [0.5, 0.6) is 0 Å². The van der Waals surface area contributed by atoms with Crippen molar-refractivity contribution in [2.24, 2.45) is 0 Å². The van der Waals surface area contributed by atoms with Crippen molar-refractivity contribution >= 4 is 22.5 Å². The number of fused-ring (bicyclic) bond motifs is 1. The molecule has 2 saturated heterocycles. The summed E-state index contributed by atoms with van der Waals surface area (Å²) in [5.74, 6) is 1.04. The number of carbonyl (C=O) groups excluding carboxylic acids is 1. The Labute approximate surface area is 211 Å². The van der Waals surface area contributed by atoms with Crippen LogP contribution in [0, 0.1) is 0 Å². The number of aromatic nitrogens is 5. The van der Waals surface area contributed by atoms with Gasteiger partial charge in [-0.05, 0) is 49.9 Å². The van der Waals surface area contributed by atoms with Crippen LogP contribution in [0.2, 0.25) is 0 Å². The van der Waals surface area contributed by atoms with Gasteiger partial charge in [0.05, 0.1) is 35.6 Å². The van der Waals surface area contributed by atoms with Gasteiger partial charge in [0.15, 0.2) is 5.82 Å². The van der Waals surface area contributed by atoms with E-state index in [1.807, 2.05) is 53.2 Å². The number of nitrogens with zero attached hydrogens (tertiary/aromatic N) is 7. The molecular weight excluding hydrogens is 450 g/mol. The maximum absolute atomic E-state index is 13.3. The number of benzene rings is 1. The molecule has 1 unspecified atom stereocenters. The summed E-state index contributed by atoms with van der Waals surface area (Å²) >= 11 is 0. The zero-order valence-corrected chi connectivity index (χ0v) is 20.7. The predicted molar refractivity (Wildman–Crippen MR) is 140 cm³/mol. The molecule has 36 heavy (non-hydrogen) atoms. The quantitative estimate of drug-likeness (QED) is 0.424. The van der Waals surface area contributed by atoms with E-state index >= 15 is 0 Å². The third-order valence-corrected chi connectivity index (χ3v) is 7.34. The van der Waals surface area contributed by atoms with Gasteiger partial charge >= 0.3 is 0 Å². The maximum Gasteiger partial charge on any atom is 0.233 e. The summed E-state index contributed by atoms with van der Waals surface area (Å²) in [5.41, 5.74) is 3.69. The summed E-state index contributed by atoms with van der Waals surface area (Å²) < 4.78 is 1.87. The highest BCUT2D eigenvalue weighted by atomic mass is 16.2. The fourth-order valence-electron chi connectivity index (χ4n) is 5.30. The van der Waals surface area contributed by atoms with Crippen molar-refractivity contribution in [1.29, 1.82) is 0 Å². The molecule has 0 aliphatic carbocycles. The Morgan fingerprint density at radius 2 is 1.75 bits per heavy atom. The minimum atomic E-state index is -0.317. The van der Waals surface area contributed by atoms with Gasteiger partial charge in [0.1, 0.15) is 11.5 Å². The number of anilines is 1. The average molecular weight is 482 g/mol. The molecule has 0 N–H and O–H groups in total. The van der Waals surface area contributed by atoms with Crippen molar-refractivity contribution in [3.05, 3.63) is 66.2 Å². The van der Waals surface area contributed by atoms with E-state index in [9.17, 15) is 4.79 Å². The Balaban J connectivity index is 1.37. The molecule has 0 radical (unpaired) electrons. The summed E-state index contributed by atoms with van der Waals surface area (Å²) in [5, 5.41) is 5.97. The average Bonchev–Trinajstić information content (AvgIpc) is 3.56. The van der Waals surface area contributed by atoms with Crippen molar-refractivity contribution in [3.8, 4) is 11.5 Å². The van der Waals surface area contributed by atoms with E-state index in [0.717, 1.165) is 66.9 Å². The third-order valence-electron chi connectivity index (χ3n) is 7.34. The minimum absolute atomic E-state index is 0.108. The van der Waals surface area contributed by atoms with Crippen LogP contribution in [-0.4, -0.2) is 62.2 Å². The lowest BCUT2D eigenvalue weighted by Gasteiger charge is -2.19. The molecule has 8 nitrogen and oxygen atoms in total. The molecule has 3 aromatic heterocycles. The molecular formula is C28H31N7O. The van der Waals surface area contributed by atoms with E-state index in [0.29, 0.717) is 18.2 Å². The molecule has 6 rings (SSSR count). The summed E-state index contributed by atoms with van der Waals surface area (Å²) in [6.45, 7) is 3.39. The molecule has 2 aliphatic heterocycles. The van der Waals surface area contributed by atoms with Crippen molar-refractivity contribution < 1.29 is 4.79 Å². The summed E-state index contributed by atoms with van der Waals surface area (Å²) in [6.07, 6.45) is 7.13. The van der Waals surface area contributed by atoms with E-state index in [-0.39, 0.29) is 11.8 Å². The molecule has 1 atom stereocenters. The highest BCUT2D eigenvalue weighted by Crippen LogP contribution is 2.29. The van der Waals surface area contributed by atoms with Crippen LogP contribution in [0.3, 0.4) is 0 Å². The lowest BCUT2D eigenvalue weighted by atomic mass is 10.0. The van der Waals surface area contributed by atoms with Crippen molar-refractivity contribution in [2.45, 2.75) is 44.6 Å². The molecule has 8 heteroatoms. The van der Waals surface area contributed by atoms with Crippen LogP contribution in [0.15, 0.2) is 54.7 Å². The molecule has 0 bridgehead atoms. The Morgan fingerprint density at radius 1 is 0.917 bits per heavy atom. The van der Waals surface area contributed by atoms with Crippen LogP contribution in [0.25, 0.3) is 22.4 Å². The first kappa shape index (κ1) is 22.6. The van der Waals surface area contributed by atoms with Crippen molar-refractivity contribution in [2.75, 3.05) is 31.6 Å². The Bertz CT molecular complexity index is 1370. The standard InChI is InChI=1S/C28H31N7O/c1-33-15-5-4-9-23(28(33)36)27-31-26(25-14-13-22(18-29-25)34-16-6-7-17-34)32-35(27)19-21-12-11-20-8-2-3-10-24(20)30-21/h2-3,8,10-14,18,23H,4-7,9,15-17,19H2,1H3. The van der Waals surface area contributed by atoms with Crippen LogP contribution >= 0.6 is 0 Å². The van der Waals surface area contributed by atoms with E-state index in [1.54, 1.807) is 0 Å². The Morgan fingerprint density at radius 3 is 2.58 bits per heavy atom. The number of pyridine rings is 2. The molecule has 1 amide bonds. The van der Waals surface area contributed by atoms with Gasteiger partial charge in [0.2, 0.25) is 5.91 Å². The number of likely N-dealkylation sites (tertiary alicyclic amines) is 1. The molecule has 1 aromatic carbocycles. The Hall–Kier alpha value is -3.81. The second-order valence-corrected chi connectivity index (χ2v) is 9.85. The van der Waals surface area contributed by atoms with Crippen LogP contribution < -0.4 is 4.90 Å². The molecule has 0 spiro atoms. The van der Waals surface area contributed by atoms with Crippen LogP contribution in [0.1, 0.15) is 49.5 Å². The van der Waals surface area contributed by atoms with Gasteiger partial charge in [0, 0.05) is 32.1 Å². The van der Waals surface area contributed by atoms with Gasteiger partial charge in [-0.2, -0.15) is 0 Å². The lowest BCUT2D eigenvalue weighted by Crippen LogP contribution is -2.31. The molecule has 2 fully saturated rings. The van der Waals surface area contributed by atoms with Gasteiger partial charge < -0.3 is 9.80 Å². The number of amides is 1. The maximum atomic E-state index is 13.3. The third kappa shape index (κ3) is 4.43. The second kappa shape index (κ2) is 9.68. The zero-order valence-electron chi connectivity index (χ0n) is 20.7. The highest BCUT2D eigenvalue weighted by molar-refractivity contribution is 5.83. The SMILES string of the molecule is CN1CCCCC(c2nc(-c3ccc(N4CCCC4)cn3)nn2Cc2ccc3ccccc3n2)C1=O. The topological polar surface area (TPSA) is 80.0 Å². The van der Waals surface area contributed by atoms with E-state index in [4.69, 9.17) is 20.1 Å². The van der Waals surface area contributed by atoms with Gasteiger partial charge in [-0.3, -0.25) is 14.8 Å². The van der Waals surface area contributed by atoms with Gasteiger partial charge in [-0.25, -0.2) is 9.67 Å². The van der Waals surface area contributed by atoms with Crippen molar-refractivity contribution in [3.63, 3.8) is 0 Å². The monoisotopic (exact) mass is 481 g/mol. The number of likely N-dealkylation sites (N-methyl/N-ethyl adjacent to an activating group) is 1. The molecule has 184 valence electrons. The van der Waals surface area contributed by atoms with Crippen LogP contribution in [0.4, 0.5) is 5.69 Å². The minimum Gasteiger partial charge on any atom is -0.370 e. The normalized spacial score (nSPS) is 18.7.